The van der Waals surface area contributed by atoms with E-state index < -0.39 is 0 Å². The zero-order valence-electron chi connectivity index (χ0n) is 15.7. The molecule has 3 aromatic rings. The number of aryl methyl sites for hydroxylation is 1. The van der Waals surface area contributed by atoms with E-state index in [4.69, 9.17) is 0 Å². The number of carbonyl (C=O) groups excluding carboxylic acids is 1. The minimum atomic E-state index is -0.224. The van der Waals surface area contributed by atoms with Gasteiger partial charge in [0.1, 0.15) is 0 Å². The van der Waals surface area contributed by atoms with Crippen molar-refractivity contribution in [1.29, 1.82) is 0 Å². The summed E-state index contributed by atoms with van der Waals surface area (Å²) in [6.07, 6.45) is 3.89. The highest BCUT2D eigenvalue weighted by atomic mass is 16.1. The van der Waals surface area contributed by atoms with Gasteiger partial charge in [0.2, 0.25) is 5.95 Å². The molecular formula is C21H23N5O. The Kier molecular flexibility index (Phi) is 5.66. The van der Waals surface area contributed by atoms with Crippen molar-refractivity contribution in [3.8, 4) is 0 Å². The van der Waals surface area contributed by atoms with Crippen LogP contribution in [-0.2, 0) is 6.42 Å². The number of para-hydroxylation sites is 1. The van der Waals surface area contributed by atoms with Gasteiger partial charge in [0, 0.05) is 43.6 Å². The molecule has 6 heteroatoms. The standard InChI is InChI=1S/C21H23N5O/c1-4-15-7-5-6-8-19(15)25-20(27)16-13-22-21(23-14-16)24-17-9-11-18(12-10-17)26(2)3/h5-14H,4H2,1-3H3,(H,25,27)(H,22,23,24). The van der Waals surface area contributed by atoms with E-state index in [1.165, 1.54) is 12.4 Å². The Morgan fingerprint density at radius 1 is 1.00 bits per heavy atom. The van der Waals surface area contributed by atoms with Gasteiger partial charge in [-0.15, -0.1) is 0 Å². The average molecular weight is 361 g/mol. The predicted molar refractivity (Wildman–Crippen MR) is 110 cm³/mol. The van der Waals surface area contributed by atoms with E-state index in [1.807, 2.05) is 67.5 Å². The van der Waals surface area contributed by atoms with E-state index >= 15 is 0 Å². The molecule has 0 radical (unpaired) electrons. The smallest absolute Gasteiger partial charge is 0.258 e. The van der Waals surface area contributed by atoms with Gasteiger partial charge in [-0.1, -0.05) is 25.1 Å². The number of hydrogen-bond donors (Lipinski definition) is 2. The van der Waals surface area contributed by atoms with Gasteiger partial charge in [-0.2, -0.15) is 0 Å². The van der Waals surface area contributed by atoms with Crippen LogP contribution >= 0.6 is 0 Å². The monoisotopic (exact) mass is 361 g/mol. The summed E-state index contributed by atoms with van der Waals surface area (Å²) < 4.78 is 0. The fourth-order valence-electron chi connectivity index (χ4n) is 2.63. The number of amides is 1. The van der Waals surface area contributed by atoms with Crippen LogP contribution in [0, 0.1) is 0 Å². The van der Waals surface area contributed by atoms with Crippen molar-refractivity contribution in [2.75, 3.05) is 29.6 Å². The molecule has 0 aliphatic rings. The Balaban J connectivity index is 1.66. The Bertz CT molecular complexity index is 905. The van der Waals surface area contributed by atoms with Crippen LogP contribution in [-0.4, -0.2) is 30.0 Å². The third kappa shape index (κ3) is 4.61. The minimum Gasteiger partial charge on any atom is -0.378 e. The lowest BCUT2D eigenvalue weighted by Gasteiger charge is -2.13. The highest BCUT2D eigenvalue weighted by Gasteiger charge is 2.10. The van der Waals surface area contributed by atoms with Crippen molar-refractivity contribution >= 4 is 28.9 Å². The van der Waals surface area contributed by atoms with E-state index in [0.717, 1.165) is 29.0 Å². The van der Waals surface area contributed by atoms with E-state index in [1.54, 1.807) is 0 Å². The number of anilines is 4. The number of hydrogen-bond acceptors (Lipinski definition) is 5. The molecule has 0 bridgehead atoms. The van der Waals surface area contributed by atoms with Gasteiger partial charge < -0.3 is 15.5 Å². The SMILES string of the molecule is CCc1ccccc1NC(=O)c1cnc(Nc2ccc(N(C)C)cc2)nc1. The van der Waals surface area contributed by atoms with Crippen LogP contribution in [0.3, 0.4) is 0 Å². The molecule has 138 valence electrons. The molecule has 6 nitrogen and oxygen atoms in total. The van der Waals surface area contributed by atoms with Crippen LogP contribution in [0.4, 0.5) is 23.0 Å². The lowest BCUT2D eigenvalue weighted by molar-refractivity contribution is 0.102. The molecular weight excluding hydrogens is 338 g/mol. The first kappa shape index (κ1) is 18.4. The molecule has 2 N–H and O–H groups in total. The van der Waals surface area contributed by atoms with Crippen molar-refractivity contribution in [2.45, 2.75) is 13.3 Å². The van der Waals surface area contributed by atoms with Gasteiger partial charge in [-0.25, -0.2) is 9.97 Å². The first-order valence-corrected chi connectivity index (χ1v) is 8.82. The molecule has 3 rings (SSSR count). The molecule has 1 heterocycles. The van der Waals surface area contributed by atoms with E-state index in [0.29, 0.717) is 11.5 Å². The van der Waals surface area contributed by atoms with Gasteiger partial charge in [0.15, 0.2) is 0 Å². The Hall–Kier alpha value is -3.41. The molecule has 0 fully saturated rings. The molecule has 1 amide bonds. The zero-order valence-corrected chi connectivity index (χ0v) is 15.7. The lowest BCUT2D eigenvalue weighted by Crippen LogP contribution is -2.14. The summed E-state index contributed by atoms with van der Waals surface area (Å²) in [4.78, 5) is 23.0. The summed E-state index contributed by atoms with van der Waals surface area (Å²) in [5.41, 5.74) is 4.31. The second-order valence-corrected chi connectivity index (χ2v) is 6.33. The third-order valence-corrected chi connectivity index (χ3v) is 4.20. The predicted octanol–water partition coefficient (Wildman–Crippen LogP) is 4.10. The Labute approximate surface area is 159 Å². The topological polar surface area (TPSA) is 70.2 Å². The lowest BCUT2D eigenvalue weighted by atomic mass is 10.1. The van der Waals surface area contributed by atoms with Crippen LogP contribution in [0.15, 0.2) is 60.9 Å². The summed E-state index contributed by atoms with van der Waals surface area (Å²) in [6, 6.07) is 15.7. The molecule has 0 saturated carbocycles. The molecule has 0 aliphatic heterocycles. The largest absolute Gasteiger partial charge is 0.378 e. The number of benzene rings is 2. The van der Waals surface area contributed by atoms with E-state index in [-0.39, 0.29) is 5.91 Å². The van der Waals surface area contributed by atoms with Crippen LogP contribution in [0.25, 0.3) is 0 Å². The maximum absolute atomic E-state index is 12.4. The van der Waals surface area contributed by atoms with Crippen LogP contribution in [0.5, 0.6) is 0 Å². The second-order valence-electron chi connectivity index (χ2n) is 6.33. The first-order valence-electron chi connectivity index (χ1n) is 8.82. The van der Waals surface area contributed by atoms with Crippen molar-refractivity contribution in [2.24, 2.45) is 0 Å². The third-order valence-electron chi connectivity index (χ3n) is 4.20. The summed E-state index contributed by atoms with van der Waals surface area (Å²) >= 11 is 0. The number of aromatic nitrogens is 2. The molecule has 27 heavy (non-hydrogen) atoms. The normalized spacial score (nSPS) is 10.3. The first-order chi connectivity index (χ1) is 13.1. The zero-order chi connectivity index (χ0) is 19.2. The molecule has 0 aliphatic carbocycles. The van der Waals surface area contributed by atoms with Crippen molar-refractivity contribution in [3.05, 3.63) is 72.1 Å². The fourth-order valence-corrected chi connectivity index (χ4v) is 2.63. The van der Waals surface area contributed by atoms with Crippen LogP contribution in [0.2, 0.25) is 0 Å². The summed E-state index contributed by atoms with van der Waals surface area (Å²) in [5, 5.41) is 6.05. The van der Waals surface area contributed by atoms with Gasteiger partial charge in [0.05, 0.1) is 5.56 Å². The Morgan fingerprint density at radius 3 is 2.30 bits per heavy atom. The van der Waals surface area contributed by atoms with Crippen molar-refractivity contribution in [3.63, 3.8) is 0 Å². The molecule has 2 aromatic carbocycles. The van der Waals surface area contributed by atoms with Crippen molar-refractivity contribution in [1.82, 2.24) is 9.97 Å². The fraction of sp³-hybridized carbons (Fsp3) is 0.190. The van der Waals surface area contributed by atoms with Gasteiger partial charge in [-0.3, -0.25) is 4.79 Å². The quantitative estimate of drug-likeness (QED) is 0.692. The van der Waals surface area contributed by atoms with Gasteiger partial charge in [-0.05, 0) is 42.3 Å². The molecule has 1 aromatic heterocycles. The number of rotatable bonds is 6. The van der Waals surface area contributed by atoms with Gasteiger partial charge in [0.25, 0.3) is 5.91 Å². The summed E-state index contributed by atoms with van der Waals surface area (Å²) in [7, 11) is 3.99. The number of nitrogens with zero attached hydrogens (tertiary/aromatic N) is 3. The average Bonchev–Trinajstić information content (AvgIpc) is 2.69. The minimum absolute atomic E-state index is 0.224. The van der Waals surface area contributed by atoms with Crippen LogP contribution in [0.1, 0.15) is 22.8 Å². The molecule has 0 atom stereocenters. The number of carbonyl (C=O) groups is 1. The van der Waals surface area contributed by atoms with Gasteiger partial charge >= 0.3 is 0 Å². The molecule has 0 saturated heterocycles. The highest BCUT2D eigenvalue weighted by Crippen LogP contribution is 2.19. The van der Waals surface area contributed by atoms with E-state index in [9.17, 15) is 4.79 Å². The summed E-state index contributed by atoms with van der Waals surface area (Å²) in [5.74, 6) is 0.218. The maximum Gasteiger partial charge on any atom is 0.258 e. The Morgan fingerprint density at radius 2 is 1.67 bits per heavy atom. The van der Waals surface area contributed by atoms with Crippen molar-refractivity contribution < 1.29 is 4.79 Å². The summed E-state index contributed by atoms with van der Waals surface area (Å²) in [6.45, 7) is 2.06. The molecule has 0 unspecified atom stereocenters. The second kappa shape index (κ2) is 8.31. The molecule has 0 spiro atoms. The highest BCUT2D eigenvalue weighted by molar-refractivity contribution is 6.04. The number of nitrogens with one attached hydrogen (secondary N) is 2. The van der Waals surface area contributed by atoms with E-state index in [2.05, 4.69) is 27.5 Å². The van der Waals surface area contributed by atoms with Crippen LogP contribution < -0.4 is 15.5 Å². The maximum atomic E-state index is 12.4.